The molecule has 0 unspecified atom stereocenters. The van der Waals surface area contributed by atoms with E-state index in [1.807, 2.05) is 20.0 Å². The average Bonchev–Trinajstić information content (AvgIpc) is 3.36. The number of anilines is 1. The first-order valence-electron chi connectivity index (χ1n) is 9.89. The summed E-state index contributed by atoms with van der Waals surface area (Å²) in [7, 11) is 3.44. The molecule has 0 radical (unpaired) electrons. The average molecular weight is 393 g/mol. The molecule has 1 aliphatic rings. The standard InChI is InChI=1S/C21H27N7O/c1-13-14(2)24-19(21(29)27(3)4)25-20(13)28-8-7-17(12-28)22-10-15-5-6-18-16(9-15)11-23-26-18/h5-6,9,11,17,22H,7-8,10,12H2,1-4H3,(H,23,26)/t17-/m1/s1. The molecule has 1 atom stereocenters. The summed E-state index contributed by atoms with van der Waals surface area (Å²) in [6.45, 7) is 6.54. The van der Waals surface area contributed by atoms with E-state index >= 15 is 0 Å². The van der Waals surface area contributed by atoms with E-state index in [1.54, 1.807) is 14.1 Å². The van der Waals surface area contributed by atoms with Crippen molar-refractivity contribution < 1.29 is 4.79 Å². The number of benzene rings is 1. The van der Waals surface area contributed by atoms with Gasteiger partial charge in [0.15, 0.2) is 0 Å². The van der Waals surface area contributed by atoms with Crippen molar-refractivity contribution in [3.63, 3.8) is 0 Å². The fraction of sp³-hybridized carbons (Fsp3) is 0.429. The molecule has 152 valence electrons. The summed E-state index contributed by atoms with van der Waals surface area (Å²) in [6.07, 6.45) is 2.89. The van der Waals surface area contributed by atoms with Crippen LogP contribution in [-0.2, 0) is 6.54 Å². The predicted octanol–water partition coefficient (Wildman–Crippen LogP) is 2.04. The highest BCUT2D eigenvalue weighted by Gasteiger charge is 2.26. The Morgan fingerprint density at radius 3 is 2.93 bits per heavy atom. The SMILES string of the molecule is Cc1nc(C(=O)N(C)C)nc(N2CC[C@@H](NCc3ccc4[nH]ncc4c3)C2)c1C. The molecule has 2 N–H and O–H groups in total. The van der Waals surface area contributed by atoms with Gasteiger partial charge in [0, 0.05) is 56.4 Å². The predicted molar refractivity (Wildman–Crippen MR) is 113 cm³/mol. The molecule has 1 aliphatic heterocycles. The third-order valence-electron chi connectivity index (χ3n) is 5.55. The molecule has 8 nitrogen and oxygen atoms in total. The molecule has 1 amide bonds. The molecule has 3 aromatic rings. The molecule has 2 aromatic heterocycles. The summed E-state index contributed by atoms with van der Waals surface area (Å²) >= 11 is 0. The van der Waals surface area contributed by atoms with Gasteiger partial charge in [-0.05, 0) is 38.0 Å². The molecule has 1 aromatic carbocycles. The summed E-state index contributed by atoms with van der Waals surface area (Å²) < 4.78 is 0. The van der Waals surface area contributed by atoms with Gasteiger partial charge in [-0.25, -0.2) is 9.97 Å². The lowest BCUT2D eigenvalue weighted by Crippen LogP contribution is -2.33. The van der Waals surface area contributed by atoms with Gasteiger partial charge in [-0.1, -0.05) is 6.07 Å². The van der Waals surface area contributed by atoms with E-state index in [4.69, 9.17) is 0 Å². The number of rotatable bonds is 5. The number of H-pyrrole nitrogens is 1. The molecule has 4 rings (SSSR count). The van der Waals surface area contributed by atoms with Crippen molar-refractivity contribution in [3.05, 3.63) is 47.0 Å². The third kappa shape index (κ3) is 3.93. The number of fused-ring (bicyclic) bond motifs is 1. The summed E-state index contributed by atoms with van der Waals surface area (Å²) in [5.41, 5.74) is 4.18. The maximum Gasteiger partial charge on any atom is 0.291 e. The number of hydrogen-bond donors (Lipinski definition) is 2. The van der Waals surface area contributed by atoms with Crippen LogP contribution in [0.15, 0.2) is 24.4 Å². The smallest absolute Gasteiger partial charge is 0.291 e. The Kier molecular flexibility index (Phi) is 5.19. The van der Waals surface area contributed by atoms with Crippen molar-refractivity contribution in [2.45, 2.75) is 32.9 Å². The highest BCUT2D eigenvalue weighted by molar-refractivity contribution is 5.90. The largest absolute Gasteiger partial charge is 0.355 e. The number of aryl methyl sites for hydroxylation is 1. The van der Waals surface area contributed by atoms with E-state index in [1.165, 1.54) is 10.5 Å². The minimum absolute atomic E-state index is 0.169. The van der Waals surface area contributed by atoms with Crippen LogP contribution in [0.3, 0.4) is 0 Å². The minimum atomic E-state index is -0.169. The van der Waals surface area contributed by atoms with Gasteiger partial charge in [-0.2, -0.15) is 5.10 Å². The monoisotopic (exact) mass is 393 g/mol. The second-order valence-electron chi connectivity index (χ2n) is 7.88. The number of amides is 1. The van der Waals surface area contributed by atoms with Crippen LogP contribution in [0.1, 0.15) is 33.9 Å². The Labute approximate surface area is 170 Å². The molecule has 0 spiro atoms. The Bertz CT molecular complexity index is 1040. The van der Waals surface area contributed by atoms with Gasteiger partial charge in [0.1, 0.15) is 5.82 Å². The van der Waals surface area contributed by atoms with Gasteiger partial charge in [-0.3, -0.25) is 9.89 Å². The molecular formula is C21H27N7O. The molecule has 29 heavy (non-hydrogen) atoms. The van der Waals surface area contributed by atoms with Crippen LogP contribution in [0.2, 0.25) is 0 Å². The van der Waals surface area contributed by atoms with E-state index in [0.717, 1.165) is 54.0 Å². The van der Waals surface area contributed by atoms with Crippen LogP contribution in [0.4, 0.5) is 5.82 Å². The lowest BCUT2D eigenvalue weighted by molar-refractivity contribution is 0.0815. The van der Waals surface area contributed by atoms with Gasteiger partial charge in [0.25, 0.3) is 5.91 Å². The van der Waals surface area contributed by atoms with E-state index in [0.29, 0.717) is 6.04 Å². The van der Waals surface area contributed by atoms with Crippen molar-refractivity contribution >= 4 is 22.6 Å². The van der Waals surface area contributed by atoms with Crippen LogP contribution in [0, 0.1) is 13.8 Å². The number of aromatic nitrogens is 4. The molecule has 0 saturated carbocycles. The van der Waals surface area contributed by atoms with E-state index in [2.05, 4.69) is 48.6 Å². The topological polar surface area (TPSA) is 90.0 Å². The second-order valence-corrected chi connectivity index (χ2v) is 7.88. The van der Waals surface area contributed by atoms with Crippen LogP contribution in [0.5, 0.6) is 0 Å². The van der Waals surface area contributed by atoms with Crippen LogP contribution >= 0.6 is 0 Å². The molecule has 0 bridgehead atoms. The van der Waals surface area contributed by atoms with Crippen LogP contribution in [-0.4, -0.2) is 64.2 Å². The summed E-state index contributed by atoms with van der Waals surface area (Å²) in [5.74, 6) is 0.961. The van der Waals surface area contributed by atoms with E-state index in [-0.39, 0.29) is 11.7 Å². The first kappa shape index (κ1) is 19.3. The first-order valence-corrected chi connectivity index (χ1v) is 9.89. The summed E-state index contributed by atoms with van der Waals surface area (Å²) in [4.78, 5) is 25.1. The van der Waals surface area contributed by atoms with E-state index in [9.17, 15) is 4.79 Å². The van der Waals surface area contributed by atoms with Gasteiger partial charge < -0.3 is 15.1 Å². The number of carbonyl (C=O) groups excluding carboxylic acids is 1. The quantitative estimate of drug-likeness (QED) is 0.689. The highest BCUT2D eigenvalue weighted by Crippen LogP contribution is 2.24. The number of nitrogens with one attached hydrogen (secondary N) is 2. The Morgan fingerprint density at radius 1 is 1.31 bits per heavy atom. The summed E-state index contributed by atoms with van der Waals surface area (Å²) in [5, 5.41) is 11.8. The maximum atomic E-state index is 12.3. The zero-order valence-electron chi connectivity index (χ0n) is 17.4. The van der Waals surface area contributed by atoms with Crippen molar-refractivity contribution in [1.82, 2.24) is 30.4 Å². The first-order chi connectivity index (χ1) is 13.9. The van der Waals surface area contributed by atoms with Crippen molar-refractivity contribution in [3.8, 4) is 0 Å². The maximum absolute atomic E-state index is 12.3. The Hall–Kier alpha value is -3.00. The second kappa shape index (κ2) is 7.79. The zero-order chi connectivity index (χ0) is 20.5. The molecule has 1 saturated heterocycles. The number of carbonyl (C=O) groups is 1. The molecule has 8 heteroatoms. The third-order valence-corrected chi connectivity index (χ3v) is 5.55. The zero-order valence-corrected chi connectivity index (χ0v) is 17.4. The molecule has 3 heterocycles. The van der Waals surface area contributed by atoms with Gasteiger partial charge in [0.05, 0.1) is 11.7 Å². The lowest BCUT2D eigenvalue weighted by Gasteiger charge is -2.22. The van der Waals surface area contributed by atoms with Gasteiger partial charge in [0.2, 0.25) is 5.82 Å². The van der Waals surface area contributed by atoms with Crippen molar-refractivity contribution in [2.75, 3.05) is 32.1 Å². The summed E-state index contributed by atoms with van der Waals surface area (Å²) in [6, 6.07) is 6.72. The fourth-order valence-corrected chi connectivity index (χ4v) is 3.70. The minimum Gasteiger partial charge on any atom is -0.355 e. The normalized spacial score (nSPS) is 16.6. The Morgan fingerprint density at radius 2 is 2.14 bits per heavy atom. The van der Waals surface area contributed by atoms with Crippen molar-refractivity contribution in [1.29, 1.82) is 0 Å². The van der Waals surface area contributed by atoms with Gasteiger partial charge in [-0.15, -0.1) is 0 Å². The number of nitrogens with zero attached hydrogens (tertiary/aromatic N) is 5. The lowest BCUT2D eigenvalue weighted by atomic mass is 10.1. The van der Waals surface area contributed by atoms with Crippen molar-refractivity contribution in [2.24, 2.45) is 0 Å². The van der Waals surface area contributed by atoms with Gasteiger partial charge >= 0.3 is 0 Å². The van der Waals surface area contributed by atoms with Crippen LogP contribution in [0.25, 0.3) is 10.9 Å². The molecular weight excluding hydrogens is 366 g/mol. The molecule has 0 aliphatic carbocycles. The highest BCUT2D eigenvalue weighted by atomic mass is 16.2. The fourth-order valence-electron chi connectivity index (χ4n) is 3.70. The molecule has 1 fully saturated rings. The number of aromatic amines is 1. The van der Waals surface area contributed by atoms with Crippen LogP contribution < -0.4 is 10.2 Å². The van der Waals surface area contributed by atoms with E-state index < -0.39 is 0 Å². The number of hydrogen-bond acceptors (Lipinski definition) is 6. The Balaban J connectivity index is 1.44.